The highest BCUT2D eigenvalue weighted by molar-refractivity contribution is 5.55. The smallest absolute Gasteiger partial charge is 0.161 e. The first-order chi connectivity index (χ1) is 7.31. The van der Waals surface area contributed by atoms with Gasteiger partial charge in [0.25, 0.3) is 0 Å². The summed E-state index contributed by atoms with van der Waals surface area (Å²) in [6.45, 7) is 0.170. The predicted octanol–water partition coefficient (Wildman–Crippen LogP) is 2.10. The minimum Gasteiger partial charge on any atom is -0.493 e. The van der Waals surface area contributed by atoms with Crippen LogP contribution < -0.4 is 9.47 Å². The molecule has 0 atom stereocenters. The third kappa shape index (κ3) is 3.29. The van der Waals surface area contributed by atoms with Gasteiger partial charge in [-0.2, -0.15) is 0 Å². The maximum Gasteiger partial charge on any atom is 0.161 e. The van der Waals surface area contributed by atoms with E-state index in [0.717, 1.165) is 11.3 Å². The first-order valence-electron chi connectivity index (χ1n) is 4.81. The Morgan fingerprint density at radius 3 is 2.53 bits per heavy atom. The van der Waals surface area contributed by atoms with Gasteiger partial charge in [-0.3, -0.25) is 0 Å². The summed E-state index contributed by atoms with van der Waals surface area (Å²) in [4.78, 5) is 0. The standard InChI is InChI=1S/C12H16O3/c1-14-11-7-6-10(5-3-4-8-13)9-12(11)15-2/h3,5-7,9,13H,4,8H2,1-2H3. The van der Waals surface area contributed by atoms with Gasteiger partial charge in [0.05, 0.1) is 14.2 Å². The summed E-state index contributed by atoms with van der Waals surface area (Å²) in [7, 11) is 3.22. The molecule has 0 bridgehead atoms. The SMILES string of the molecule is COc1ccc(C=CCCO)cc1OC. The van der Waals surface area contributed by atoms with Gasteiger partial charge in [-0.1, -0.05) is 18.2 Å². The van der Waals surface area contributed by atoms with E-state index in [9.17, 15) is 0 Å². The molecule has 0 heterocycles. The van der Waals surface area contributed by atoms with Crippen LogP contribution in [0.1, 0.15) is 12.0 Å². The summed E-state index contributed by atoms with van der Waals surface area (Å²) in [6, 6.07) is 5.69. The van der Waals surface area contributed by atoms with Crippen LogP contribution in [0, 0.1) is 0 Å². The zero-order chi connectivity index (χ0) is 11.1. The van der Waals surface area contributed by atoms with Crippen LogP contribution in [0.2, 0.25) is 0 Å². The van der Waals surface area contributed by atoms with Gasteiger partial charge >= 0.3 is 0 Å². The highest BCUT2D eigenvalue weighted by Crippen LogP contribution is 2.27. The molecule has 0 radical (unpaired) electrons. The summed E-state index contributed by atoms with van der Waals surface area (Å²) < 4.78 is 10.3. The van der Waals surface area contributed by atoms with Gasteiger partial charge in [0.1, 0.15) is 0 Å². The molecule has 0 amide bonds. The molecule has 0 aliphatic carbocycles. The van der Waals surface area contributed by atoms with Crippen molar-refractivity contribution in [2.45, 2.75) is 6.42 Å². The van der Waals surface area contributed by atoms with Crippen LogP contribution in [0.4, 0.5) is 0 Å². The number of benzene rings is 1. The van der Waals surface area contributed by atoms with Gasteiger partial charge in [0.2, 0.25) is 0 Å². The zero-order valence-electron chi connectivity index (χ0n) is 9.06. The van der Waals surface area contributed by atoms with Crippen molar-refractivity contribution in [3.05, 3.63) is 29.8 Å². The molecule has 82 valence electrons. The van der Waals surface area contributed by atoms with Crippen molar-refractivity contribution >= 4 is 6.08 Å². The van der Waals surface area contributed by atoms with E-state index in [1.54, 1.807) is 14.2 Å². The monoisotopic (exact) mass is 208 g/mol. The normalized spacial score (nSPS) is 10.6. The van der Waals surface area contributed by atoms with Crippen LogP contribution in [-0.2, 0) is 0 Å². The first-order valence-corrected chi connectivity index (χ1v) is 4.81. The largest absolute Gasteiger partial charge is 0.493 e. The highest BCUT2D eigenvalue weighted by atomic mass is 16.5. The van der Waals surface area contributed by atoms with Crippen molar-refractivity contribution in [1.82, 2.24) is 0 Å². The molecule has 1 aromatic carbocycles. The van der Waals surface area contributed by atoms with E-state index in [4.69, 9.17) is 14.6 Å². The van der Waals surface area contributed by atoms with E-state index in [1.807, 2.05) is 30.4 Å². The molecular formula is C12H16O3. The van der Waals surface area contributed by atoms with Crippen molar-refractivity contribution in [3.63, 3.8) is 0 Å². The lowest BCUT2D eigenvalue weighted by atomic mass is 10.2. The van der Waals surface area contributed by atoms with Crippen molar-refractivity contribution in [2.75, 3.05) is 20.8 Å². The van der Waals surface area contributed by atoms with Crippen LogP contribution in [0.15, 0.2) is 24.3 Å². The second-order valence-electron chi connectivity index (χ2n) is 3.03. The first kappa shape index (κ1) is 11.6. The Kier molecular flexibility index (Phi) is 4.71. The van der Waals surface area contributed by atoms with E-state index in [2.05, 4.69) is 0 Å². The van der Waals surface area contributed by atoms with Gasteiger partial charge in [-0.25, -0.2) is 0 Å². The number of hydrogen-bond acceptors (Lipinski definition) is 3. The van der Waals surface area contributed by atoms with E-state index in [0.29, 0.717) is 12.2 Å². The third-order valence-corrected chi connectivity index (χ3v) is 2.01. The van der Waals surface area contributed by atoms with Crippen molar-refractivity contribution < 1.29 is 14.6 Å². The second-order valence-corrected chi connectivity index (χ2v) is 3.03. The minimum atomic E-state index is 0.170. The maximum atomic E-state index is 8.63. The van der Waals surface area contributed by atoms with E-state index in [-0.39, 0.29) is 6.61 Å². The number of aliphatic hydroxyl groups excluding tert-OH is 1. The van der Waals surface area contributed by atoms with E-state index >= 15 is 0 Å². The van der Waals surface area contributed by atoms with Gasteiger partial charge in [-0.15, -0.1) is 0 Å². The molecule has 0 spiro atoms. The molecular weight excluding hydrogens is 192 g/mol. The van der Waals surface area contributed by atoms with Gasteiger partial charge < -0.3 is 14.6 Å². The Morgan fingerprint density at radius 2 is 1.93 bits per heavy atom. The lowest BCUT2D eigenvalue weighted by Crippen LogP contribution is -1.90. The Labute approximate surface area is 90.0 Å². The Morgan fingerprint density at radius 1 is 1.20 bits per heavy atom. The zero-order valence-corrected chi connectivity index (χ0v) is 9.06. The minimum absolute atomic E-state index is 0.170. The molecule has 1 rings (SSSR count). The lowest BCUT2D eigenvalue weighted by Gasteiger charge is -2.07. The number of ether oxygens (including phenoxy) is 2. The van der Waals surface area contributed by atoms with Gasteiger partial charge in [-0.05, 0) is 24.1 Å². The Hall–Kier alpha value is -1.48. The fraction of sp³-hybridized carbons (Fsp3) is 0.333. The number of hydrogen-bond donors (Lipinski definition) is 1. The summed E-state index contributed by atoms with van der Waals surface area (Å²) >= 11 is 0. The lowest BCUT2D eigenvalue weighted by molar-refractivity contribution is 0.303. The average molecular weight is 208 g/mol. The molecule has 1 aromatic rings. The molecule has 0 saturated carbocycles. The summed E-state index contributed by atoms with van der Waals surface area (Å²) in [5.74, 6) is 1.43. The van der Waals surface area contributed by atoms with E-state index in [1.165, 1.54) is 0 Å². The van der Waals surface area contributed by atoms with Crippen molar-refractivity contribution in [2.24, 2.45) is 0 Å². The van der Waals surface area contributed by atoms with Crippen LogP contribution in [0.5, 0.6) is 11.5 Å². The van der Waals surface area contributed by atoms with Gasteiger partial charge in [0, 0.05) is 6.61 Å². The van der Waals surface area contributed by atoms with Gasteiger partial charge in [0.15, 0.2) is 11.5 Å². The molecule has 0 unspecified atom stereocenters. The quantitative estimate of drug-likeness (QED) is 0.805. The predicted molar refractivity (Wildman–Crippen MR) is 60.3 cm³/mol. The van der Waals surface area contributed by atoms with Crippen LogP contribution in [-0.4, -0.2) is 25.9 Å². The van der Waals surface area contributed by atoms with Crippen molar-refractivity contribution in [1.29, 1.82) is 0 Å². The average Bonchev–Trinajstić information content (AvgIpc) is 2.29. The fourth-order valence-corrected chi connectivity index (χ4v) is 1.25. The highest BCUT2D eigenvalue weighted by Gasteiger charge is 2.01. The molecule has 0 aliphatic heterocycles. The van der Waals surface area contributed by atoms with Crippen LogP contribution in [0.3, 0.4) is 0 Å². The topological polar surface area (TPSA) is 38.7 Å². The number of rotatable bonds is 5. The van der Waals surface area contributed by atoms with E-state index < -0.39 is 0 Å². The third-order valence-electron chi connectivity index (χ3n) is 2.01. The van der Waals surface area contributed by atoms with Crippen LogP contribution in [0.25, 0.3) is 6.08 Å². The molecule has 3 heteroatoms. The number of methoxy groups -OCH3 is 2. The Bertz CT molecular complexity index is 332. The maximum absolute atomic E-state index is 8.63. The van der Waals surface area contributed by atoms with Crippen LogP contribution >= 0.6 is 0 Å². The molecule has 15 heavy (non-hydrogen) atoms. The molecule has 0 aliphatic rings. The summed E-state index contributed by atoms with van der Waals surface area (Å²) in [5.41, 5.74) is 1.03. The molecule has 0 aromatic heterocycles. The second kappa shape index (κ2) is 6.09. The van der Waals surface area contributed by atoms with Crippen molar-refractivity contribution in [3.8, 4) is 11.5 Å². The molecule has 0 saturated heterocycles. The number of aliphatic hydroxyl groups is 1. The molecule has 3 nitrogen and oxygen atoms in total. The fourth-order valence-electron chi connectivity index (χ4n) is 1.25. The molecule has 0 fully saturated rings. The summed E-state index contributed by atoms with van der Waals surface area (Å²) in [6.07, 6.45) is 4.52. The summed E-state index contributed by atoms with van der Waals surface area (Å²) in [5, 5.41) is 8.63. The Balaban J connectivity index is 2.83. The molecule has 1 N–H and O–H groups in total.